The van der Waals surface area contributed by atoms with Crippen molar-refractivity contribution in [2.45, 2.75) is 91.8 Å². The second-order valence-electron chi connectivity index (χ2n) is 7.95. The molecule has 20 heavy (non-hydrogen) atoms. The van der Waals surface area contributed by atoms with E-state index in [1.807, 2.05) is 0 Å². The molecule has 1 N–H and O–H groups in total. The normalized spacial score (nSPS) is 30.1. The fourth-order valence-electron chi connectivity index (χ4n) is 3.37. The molecule has 0 aromatic heterocycles. The van der Waals surface area contributed by atoms with Crippen LogP contribution in [0.4, 0.5) is 0 Å². The first-order valence-electron chi connectivity index (χ1n) is 8.80. The summed E-state index contributed by atoms with van der Waals surface area (Å²) in [4.78, 5) is 2.80. The molecule has 1 saturated heterocycles. The molecule has 3 atom stereocenters. The lowest BCUT2D eigenvalue weighted by Crippen LogP contribution is -2.65. The van der Waals surface area contributed by atoms with E-state index in [-0.39, 0.29) is 0 Å². The Morgan fingerprint density at radius 2 is 1.80 bits per heavy atom. The minimum atomic E-state index is 0.303. The first kappa shape index (κ1) is 18.0. The van der Waals surface area contributed by atoms with Gasteiger partial charge in [0.05, 0.1) is 0 Å². The van der Waals surface area contributed by atoms with E-state index < -0.39 is 0 Å². The van der Waals surface area contributed by atoms with E-state index in [1.54, 1.807) is 0 Å². The molecule has 0 aromatic rings. The van der Waals surface area contributed by atoms with Gasteiger partial charge in [0, 0.05) is 30.7 Å². The molecule has 0 aliphatic carbocycles. The molecule has 1 heterocycles. The third-order valence-electron chi connectivity index (χ3n) is 5.21. The minimum absolute atomic E-state index is 0.303. The molecular weight excluding hydrogens is 244 g/mol. The van der Waals surface area contributed by atoms with Crippen molar-refractivity contribution in [2.75, 3.05) is 13.1 Å². The fraction of sp³-hybridized carbons (Fsp3) is 1.00. The maximum Gasteiger partial charge on any atom is 0.0278 e. The van der Waals surface area contributed by atoms with E-state index >= 15 is 0 Å². The Labute approximate surface area is 127 Å². The highest BCUT2D eigenvalue weighted by Crippen LogP contribution is 2.26. The molecule has 0 spiro atoms. The van der Waals surface area contributed by atoms with E-state index in [0.717, 1.165) is 18.4 Å². The Balaban J connectivity index is 2.63. The molecule has 0 saturated carbocycles. The summed E-state index contributed by atoms with van der Waals surface area (Å²) < 4.78 is 0. The molecule has 0 radical (unpaired) electrons. The molecule has 0 bridgehead atoms. The average molecular weight is 283 g/mol. The van der Waals surface area contributed by atoms with Gasteiger partial charge in [0.2, 0.25) is 0 Å². The van der Waals surface area contributed by atoms with Gasteiger partial charge in [-0.3, -0.25) is 4.90 Å². The Hall–Kier alpha value is -0.0800. The molecule has 1 fully saturated rings. The van der Waals surface area contributed by atoms with Crippen LogP contribution >= 0.6 is 0 Å². The summed E-state index contributed by atoms with van der Waals surface area (Å²) in [5.41, 5.74) is 0.303. The van der Waals surface area contributed by atoms with Crippen molar-refractivity contribution in [3.63, 3.8) is 0 Å². The zero-order chi connectivity index (χ0) is 15.3. The second-order valence-corrected chi connectivity index (χ2v) is 7.95. The smallest absolute Gasteiger partial charge is 0.0278 e. The number of nitrogens with one attached hydrogen (secondary N) is 1. The standard InChI is InChI=1S/C18H38N2/c1-8-18(7)13-20(17(12-19-18)15(4)5)16(6)11-9-10-14(2)3/h14-17,19H,8-13H2,1-7H3. The van der Waals surface area contributed by atoms with Gasteiger partial charge in [-0.05, 0) is 38.5 Å². The number of hydrogen-bond acceptors (Lipinski definition) is 2. The van der Waals surface area contributed by atoms with Gasteiger partial charge in [-0.15, -0.1) is 0 Å². The van der Waals surface area contributed by atoms with Gasteiger partial charge in [-0.25, -0.2) is 0 Å². The van der Waals surface area contributed by atoms with Crippen molar-refractivity contribution in [3.05, 3.63) is 0 Å². The number of hydrogen-bond donors (Lipinski definition) is 1. The largest absolute Gasteiger partial charge is 0.309 e. The van der Waals surface area contributed by atoms with Crippen molar-refractivity contribution < 1.29 is 0 Å². The molecule has 1 rings (SSSR count). The first-order valence-corrected chi connectivity index (χ1v) is 8.80. The van der Waals surface area contributed by atoms with Gasteiger partial charge in [0.15, 0.2) is 0 Å². The van der Waals surface area contributed by atoms with E-state index in [9.17, 15) is 0 Å². The van der Waals surface area contributed by atoms with Crippen molar-refractivity contribution in [1.82, 2.24) is 10.2 Å². The van der Waals surface area contributed by atoms with Gasteiger partial charge in [-0.2, -0.15) is 0 Å². The quantitative estimate of drug-likeness (QED) is 0.749. The van der Waals surface area contributed by atoms with Crippen LogP contribution in [-0.4, -0.2) is 35.6 Å². The molecule has 0 aromatic carbocycles. The van der Waals surface area contributed by atoms with Crippen molar-refractivity contribution in [1.29, 1.82) is 0 Å². The van der Waals surface area contributed by atoms with Crippen LogP contribution in [0.2, 0.25) is 0 Å². The fourth-order valence-corrected chi connectivity index (χ4v) is 3.37. The lowest BCUT2D eigenvalue weighted by Gasteiger charge is -2.50. The summed E-state index contributed by atoms with van der Waals surface area (Å²) in [5.74, 6) is 1.57. The maximum absolute atomic E-state index is 3.79. The zero-order valence-corrected chi connectivity index (χ0v) is 15.0. The topological polar surface area (TPSA) is 15.3 Å². The molecular formula is C18H38N2. The molecule has 1 aliphatic heterocycles. The first-order chi connectivity index (χ1) is 9.29. The van der Waals surface area contributed by atoms with Gasteiger partial charge >= 0.3 is 0 Å². The van der Waals surface area contributed by atoms with Crippen LogP contribution in [0.1, 0.15) is 74.1 Å². The van der Waals surface area contributed by atoms with Crippen molar-refractivity contribution in [2.24, 2.45) is 11.8 Å². The highest BCUT2D eigenvalue weighted by Gasteiger charge is 2.37. The van der Waals surface area contributed by atoms with E-state index in [0.29, 0.717) is 17.6 Å². The highest BCUT2D eigenvalue weighted by atomic mass is 15.3. The van der Waals surface area contributed by atoms with Gasteiger partial charge in [-0.1, -0.05) is 47.5 Å². The van der Waals surface area contributed by atoms with E-state index in [4.69, 9.17) is 0 Å². The van der Waals surface area contributed by atoms with Crippen LogP contribution in [0.5, 0.6) is 0 Å². The van der Waals surface area contributed by atoms with Crippen LogP contribution in [0.3, 0.4) is 0 Å². The molecule has 2 heteroatoms. The predicted molar refractivity (Wildman–Crippen MR) is 90.2 cm³/mol. The number of rotatable bonds is 7. The molecule has 0 amide bonds. The van der Waals surface area contributed by atoms with Gasteiger partial charge < -0.3 is 5.32 Å². The second kappa shape index (κ2) is 7.79. The van der Waals surface area contributed by atoms with Gasteiger partial charge in [0.1, 0.15) is 0 Å². The van der Waals surface area contributed by atoms with Crippen molar-refractivity contribution >= 4 is 0 Å². The maximum atomic E-state index is 3.79. The van der Waals surface area contributed by atoms with Crippen LogP contribution in [0.15, 0.2) is 0 Å². The molecule has 3 unspecified atom stereocenters. The average Bonchev–Trinajstić information content (AvgIpc) is 2.37. The Kier molecular flexibility index (Phi) is 7.00. The predicted octanol–water partition coefficient (Wildman–Crippen LogP) is 4.30. The van der Waals surface area contributed by atoms with Crippen LogP contribution in [0.25, 0.3) is 0 Å². The van der Waals surface area contributed by atoms with Crippen LogP contribution in [-0.2, 0) is 0 Å². The van der Waals surface area contributed by atoms with Crippen molar-refractivity contribution in [3.8, 4) is 0 Å². The summed E-state index contributed by atoms with van der Waals surface area (Å²) >= 11 is 0. The summed E-state index contributed by atoms with van der Waals surface area (Å²) in [6.07, 6.45) is 5.30. The van der Waals surface area contributed by atoms with E-state index in [1.165, 1.54) is 32.2 Å². The lowest BCUT2D eigenvalue weighted by atomic mass is 9.88. The van der Waals surface area contributed by atoms with Gasteiger partial charge in [0.25, 0.3) is 0 Å². The van der Waals surface area contributed by atoms with Crippen LogP contribution in [0, 0.1) is 11.8 Å². The monoisotopic (exact) mass is 282 g/mol. The molecule has 2 nitrogen and oxygen atoms in total. The Morgan fingerprint density at radius 3 is 2.30 bits per heavy atom. The number of piperazine rings is 1. The summed E-state index contributed by atoms with van der Waals surface area (Å²) in [7, 11) is 0. The zero-order valence-electron chi connectivity index (χ0n) is 15.0. The summed E-state index contributed by atoms with van der Waals surface area (Å²) in [5, 5.41) is 3.79. The summed E-state index contributed by atoms with van der Waals surface area (Å²) in [6, 6.07) is 1.41. The Bertz CT molecular complexity index is 275. The number of nitrogens with zero attached hydrogens (tertiary/aromatic N) is 1. The third-order valence-corrected chi connectivity index (χ3v) is 5.21. The Morgan fingerprint density at radius 1 is 1.15 bits per heavy atom. The highest BCUT2D eigenvalue weighted by molar-refractivity contribution is 4.96. The summed E-state index contributed by atoms with van der Waals surface area (Å²) in [6.45, 7) is 18.9. The third kappa shape index (κ3) is 5.04. The molecule has 120 valence electrons. The SMILES string of the molecule is CCC1(C)CN(C(C)CCCC(C)C)C(C(C)C)CN1. The lowest BCUT2D eigenvalue weighted by molar-refractivity contribution is 0.0264. The molecule has 1 aliphatic rings. The van der Waals surface area contributed by atoms with Crippen LogP contribution < -0.4 is 5.32 Å². The minimum Gasteiger partial charge on any atom is -0.309 e. The van der Waals surface area contributed by atoms with E-state index in [2.05, 4.69) is 58.7 Å².